The standard InChI is InChI=1S/C9H4BrF3N2S/c10-8-15-6(4-16-8)5-1-2-7(14-3-5)9(11,12)13/h1-4H. The normalized spacial score (nSPS) is 11.8. The average molecular weight is 309 g/mol. The monoisotopic (exact) mass is 308 g/mol. The lowest BCUT2D eigenvalue weighted by molar-refractivity contribution is -0.141. The van der Waals surface area contributed by atoms with E-state index in [1.54, 1.807) is 5.38 Å². The van der Waals surface area contributed by atoms with Gasteiger partial charge >= 0.3 is 6.18 Å². The lowest BCUT2D eigenvalue weighted by atomic mass is 10.2. The van der Waals surface area contributed by atoms with Crippen LogP contribution in [0.25, 0.3) is 11.3 Å². The molecule has 16 heavy (non-hydrogen) atoms. The molecule has 0 N–H and O–H groups in total. The number of hydrogen-bond acceptors (Lipinski definition) is 3. The molecule has 0 aromatic carbocycles. The van der Waals surface area contributed by atoms with E-state index in [9.17, 15) is 13.2 Å². The van der Waals surface area contributed by atoms with Crippen LogP contribution in [0.15, 0.2) is 27.6 Å². The van der Waals surface area contributed by atoms with Crippen LogP contribution in [0.1, 0.15) is 5.69 Å². The van der Waals surface area contributed by atoms with Gasteiger partial charge in [0.15, 0.2) is 3.92 Å². The van der Waals surface area contributed by atoms with Crippen molar-refractivity contribution in [2.24, 2.45) is 0 Å². The summed E-state index contributed by atoms with van der Waals surface area (Å²) in [7, 11) is 0. The molecule has 0 bridgehead atoms. The Morgan fingerprint density at radius 1 is 1.25 bits per heavy atom. The Bertz CT molecular complexity index is 492. The molecule has 0 saturated carbocycles. The highest BCUT2D eigenvalue weighted by atomic mass is 79.9. The molecule has 2 nitrogen and oxygen atoms in total. The first-order valence-electron chi connectivity index (χ1n) is 4.11. The van der Waals surface area contributed by atoms with Gasteiger partial charge in [-0.2, -0.15) is 13.2 Å². The topological polar surface area (TPSA) is 25.8 Å². The van der Waals surface area contributed by atoms with Gasteiger partial charge in [0.05, 0.1) is 5.69 Å². The highest BCUT2D eigenvalue weighted by Crippen LogP contribution is 2.29. The van der Waals surface area contributed by atoms with Crippen LogP contribution in [-0.2, 0) is 6.18 Å². The van der Waals surface area contributed by atoms with Crippen molar-refractivity contribution in [3.8, 4) is 11.3 Å². The lowest BCUT2D eigenvalue weighted by Gasteiger charge is -2.05. The average Bonchev–Trinajstić information content (AvgIpc) is 2.64. The molecular formula is C9H4BrF3N2S. The molecule has 0 spiro atoms. The van der Waals surface area contributed by atoms with E-state index in [2.05, 4.69) is 25.9 Å². The number of pyridine rings is 1. The predicted octanol–water partition coefficient (Wildman–Crippen LogP) is 3.99. The van der Waals surface area contributed by atoms with Crippen LogP contribution in [0.5, 0.6) is 0 Å². The zero-order chi connectivity index (χ0) is 11.8. The summed E-state index contributed by atoms with van der Waals surface area (Å²) in [6, 6.07) is 2.31. The Kier molecular flexibility index (Phi) is 2.98. The van der Waals surface area contributed by atoms with E-state index in [-0.39, 0.29) is 0 Å². The van der Waals surface area contributed by atoms with Crippen LogP contribution in [0.3, 0.4) is 0 Å². The summed E-state index contributed by atoms with van der Waals surface area (Å²) in [5, 5.41) is 1.74. The Morgan fingerprint density at radius 3 is 2.44 bits per heavy atom. The Labute approximate surface area is 101 Å². The molecular weight excluding hydrogens is 305 g/mol. The maximum absolute atomic E-state index is 12.2. The number of nitrogens with zero attached hydrogens (tertiary/aromatic N) is 2. The molecule has 84 valence electrons. The number of aromatic nitrogens is 2. The van der Waals surface area contributed by atoms with E-state index in [4.69, 9.17) is 0 Å². The molecule has 2 aromatic rings. The van der Waals surface area contributed by atoms with Gasteiger partial charge in [-0.15, -0.1) is 11.3 Å². The van der Waals surface area contributed by atoms with Crippen LogP contribution >= 0.6 is 27.3 Å². The second-order valence-corrected chi connectivity index (χ2v) is 5.05. The van der Waals surface area contributed by atoms with E-state index in [0.29, 0.717) is 15.2 Å². The number of alkyl halides is 3. The van der Waals surface area contributed by atoms with Gasteiger partial charge < -0.3 is 0 Å². The van der Waals surface area contributed by atoms with Gasteiger partial charge in [-0.1, -0.05) is 0 Å². The number of hydrogen-bond donors (Lipinski definition) is 0. The van der Waals surface area contributed by atoms with Crippen LogP contribution in [-0.4, -0.2) is 9.97 Å². The first-order chi connectivity index (χ1) is 7.47. The summed E-state index contributed by atoms with van der Waals surface area (Å²) in [6.45, 7) is 0. The van der Waals surface area contributed by atoms with Gasteiger partial charge in [0.1, 0.15) is 5.69 Å². The molecule has 2 aromatic heterocycles. The number of halogens is 4. The summed E-state index contributed by atoms with van der Waals surface area (Å²) >= 11 is 4.55. The third-order valence-corrected chi connectivity index (χ3v) is 3.19. The van der Waals surface area contributed by atoms with E-state index in [0.717, 1.165) is 6.07 Å². The molecule has 0 aliphatic heterocycles. The van der Waals surface area contributed by atoms with Gasteiger partial charge in [0.2, 0.25) is 0 Å². The van der Waals surface area contributed by atoms with Crippen molar-refractivity contribution in [1.29, 1.82) is 0 Å². The van der Waals surface area contributed by atoms with Gasteiger partial charge in [-0.25, -0.2) is 4.98 Å². The molecule has 0 aliphatic rings. The molecule has 0 fully saturated rings. The van der Waals surface area contributed by atoms with Crippen molar-refractivity contribution in [3.63, 3.8) is 0 Å². The smallest absolute Gasteiger partial charge is 0.251 e. The minimum Gasteiger partial charge on any atom is -0.251 e. The third-order valence-electron chi connectivity index (χ3n) is 1.83. The SMILES string of the molecule is FC(F)(F)c1ccc(-c2csc(Br)n2)cn1. The first-order valence-corrected chi connectivity index (χ1v) is 5.79. The molecule has 0 aliphatic carbocycles. The molecule has 0 radical (unpaired) electrons. The second kappa shape index (κ2) is 4.14. The predicted molar refractivity (Wildman–Crippen MR) is 58.0 cm³/mol. The molecule has 0 unspecified atom stereocenters. The van der Waals surface area contributed by atoms with Crippen molar-refractivity contribution in [2.75, 3.05) is 0 Å². The second-order valence-electron chi connectivity index (χ2n) is 2.92. The first kappa shape index (κ1) is 11.5. The fourth-order valence-electron chi connectivity index (χ4n) is 1.10. The van der Waals surface area contributed by atoms with E-state index in [1.165, 1.54) is 23.6 Å². The highest BCUT2D eigenvalue weighted by molar-refractivity contribution is 9.11. The Morgan fingerprint density at radius 2 is 2.00 bits per heavy atom. The molecule has 2 rings (SSSR count). The Hall–Kier alpha value is -0.950. The number of rotatable bonds is 1. The summed E-state index contributed by atoms with van der Waals surface area (Å²) in [5.74, 6) is 0. The fraction of sp³-hybridized carbons (Fsp3) is 0.111. The van der Waals surface area contributed by atoms with E-state index < -0.39 is 11.9 Å². The highest BCUT2D eigenvalue weighted by Gasteiger charge is 2.32. The molecule has 0 amide bonds. The summed E-state index contributed by atoms with van der Waals surface area (Å²) in [4.78, 5) is 7.45. The molecule has 7 heteroatoms. The third kappa shape index (κ3) is 2.41. The van der Waals surface area contributed by atoms with Crippen molar-refractivity contribution in [2.45, 2.75) is 6.18 Å². The largest absolute Gasteiger partial charge is 0.433 e. The fourth-order valence-corrected chi connectivity index (χ4v) is 2.12. The van der Waals surface area contributed by atoms with Crippen molar-refractivity contribution >= 4 is 27.3 Å². The van der Waals surface area contributed by atoms with Gasteiger partial charge in [0.25, 0.3) is 0 Å². The molecule has 0 atom stereocenters. The minimum atomic E-state index is -4.40. The van der Waals surface area contributed by atoms with Gasteiger partial charge in [-0.05, 0) is 28.1 Å². The summed E-state index contributed by atoms with van der Waals surface area (Å²) in [6.07, 6.45) is -3.23. The summed E-state index contributed by atoms with van der Waals surface area (Å²) in [5.41, 5.74) is 0.276. The van der Waals surface area contributed by atoms with Crippen LogP contribution in [0.4, 0.5) is 13.2 Å². The molecule has 2 heterocycles. The maximum atomic E-state index is 12.2. The minimum absolute atomic E-state index is 0.565. The maximum Gasteiger partial charge on any atom is 0.433 e. The van der Waals surface area contributed by atoms with Crippen LogP contribution in [0.2, 0.25) is 0 Å². The van der Waals surface area contributed by atoms with E-state index >= 15 is 0 Å². The van der Waals surface area contributed by atoms with Crippen LogP contribution in [0, 0.1) is 0 Å². The zero-order valence-corrected chi connectivity index (χ0v) is 10.0. The van der Waals surface area contributed by atoms with Crippen LogP contribution < -0.4 is 0 Å². The van der Waals surface area contributed by atoms with Crippen molar-refractivity contribution < 1.29 is 13.2 Å². The van der Waals surface area contributed by atoms with Gasteiger partial charge in [-0.3, -0.25) is 4.98 Å². The Balaban J connectivity index is 2.33. The van der Waals surface area contributed by atoms with Gasteiger partial charge in [0, 0.05) is 17.1 Å². The van der Waals surface area contributed by atoms with Crippen molar-refractivity contribution in [1.82, 2.24) is 9.97 Å². The zero-order valence-electron chi connectivity index (χ0n) is 7.62. The van der Waals surface area contributed by atoms with E-state index in [1.807, 2.05) is 0 Å². The summed E-state index contributed by atoms with van der Waals surface area (Å²) < 4.78 is 37.4. The van der Waals surface area contributed by atoms with Crippen molar-refractivity contribution in [3.05, 3.63) is 33.3 Å². The molecule has 0 saturated heterocycles. The number of thiazole rings is 1. The lowest BCUT2D eigenvalue weighted by Crippen LogP contribution is -2.07. The quantitative estimate of drug-likeness (QED) is 0.796.